The number of hydrogen-bond acceptors (Lipinski definition) is 3. The van der Waals surface area contributed by atoms with Gasteiger partial charge < -0.3 is 10.2 Å². The first kappa shape index (κ1) is 11.1. The number of nitrogen functional groups attached to an aromatic ring is 1. The number of nitrogens with zero attached hydrogens (tertiary/aromatic N) is 2. The first-order chi connectivity index (χ1) is 7.50. The first-order valence-electron chi connectivity index (χ1n) is 5.07. The van der Waals surface area contributed by atoms with Crippen molar-refractivity contribution in [3.8, 4) is 0 Å². The third kappa shape index (κ3) is 1.69. The molecular weight excluding hydrogens is 226 g/mol. The molecule has 0 radical (unpaired) electrons. The summed E-state index contributed by atoms with van der Waals surface area (Å²) in [6.45, 7) is 5.70. The average Bonchev–Trinajstić information content (AvgIpc) is 2.78. The Hall–Kier alpha value is -1.42. The summed E-state index contributed by atoms with van der Waals surface area (Å²) in [6.07, 6.45) is 0. The molecule has 5 heteroatoms. The molecule has 2 rings (SSSR count). The molecular formula is C11H14ClN3O. The van der Waals surface area contributed by atoms with E-state index in [4.69, 9.17) is 21.8 Å². The van der Waals surface area contributed by atoms with Gasteiger partial charge in [-0.1, -0.05) is 11.6 Å². The summed E-state index contributed by atoms with van der Waals surface area (Å²) in [5.41, 5.74) is 6.61. The molecule has 1 unspecified atom stereocenters. The third-order valence-electron chi connectivity index (χ3n) is 2.59. The summed E-state index contributed by atoms with van der Waals surface area (Å²) in [5, 5.41) is 4.80. The van der Waals surface area contributed by atoms with Crippen molar-refractivity contribution in [1.29, 1.82) is 0 Å². The van der Waals surface area contributed by atoms with Gasteiger partial charge in [0.15, 0.2) is 0 Å². The molecule has 2 heterocycles. The molecule has 0 bridgehead atoms. The van der Waals surface area contributed by atoms with Gasteiger partial charge in [0.25, 0.3) is 0 Å². The maximum Gasteiger partial charge on any atom is 0.141 e. The lowest BCUT2D eigenvalue weighted by Crippen LogP contribution is -2.10. The van der Waals surface area contributed by atoms with Gasteiger partial charge in [-0.15, -0.1) is 0 Å². The minimum Gasteiger partial charge on any atom is -0.464 e. The van der Waals surface area contributed by atoms with E-state index >= 15 is 0 Å². The lowest BCUT2D eigenvalue weighted by Gasteiger charge is -2.11. The van der Waals surface area contributed by atoms with E-state index in [1.165, 1.54) is 0 Å². The molecule has 2 aromatic rings. The highest BCUT2D eigenvalue weighted by Crippen LogP contribution is 2.28. The summed E-state index contributed by atoms with van der Waals surface area (Å²) < 4.78 is 7.22. The molecule has 0 spiro atoms. The molecule has 1 atom stereocenters. The minimum absolute atomic E-state index is 0.0556. The van der Waals surface area contributed by atoms with Crippen LogP contribution in [0.1, 0.15) is 30.2 Å². The van der Waals surface area contributed by atoms with Crippen LogP contribution in [0.4, 0.5) is 5.82 Å². The zero-order chi connectivity index (χ0) is 11.9. The lowest BCUT2D eigenvalue weighted by atomic mass is 10.2. The number of hydrogen-bond donors (Lipinski definition) is 1. The second-order valence-corrected chi connectivity index (χ2v) is 4.23. The Kier molecular flexibility index (Phi) is 2.68. The Morgan fingerprint density at radius 1 is 1.44 bits per heavy atom. The standard InChI is InChI=1S/C11H14ClN3O/c1-6-4-5-9(16-6)8(3)15-11(13)10(12)7(2)14-15/h4-5,8H,13H2,1-3H3. The Bertz CT molecular complexity index is 515. The number of aryl methyl sites for hydroxylation is 2. The van der Waals surface area contributed by atoms with Gasteiger partial charge in [-0.25, -0.2) is 4.68 Å². The average molecular weight is 240 g/mol. The molecule has 0 aliphatic carbocycles. The van der Waals surface area contributed by atoms with Crippen molar-refractivity contribution in [2.45, 2.75) is 26.8 Å². The number of halogens is 1. The minimum atomic E-state index is -0.0556. The van der Waals surface area contributed by atoms with Gasteiger partial charge >= 0.3 is 0 Å². The molecule has 2 aromatic heterocycles. The Morgan fingerprint density at radius 3 is 2.56 bits per heavy atom. The van der Waals surface area contributed by atoms with Gasteiger partial charge in [0.1, 0.15) is 28.4 Å². The first-order valence-corrected chi connectivity index (χ1v) is 5.45. The molecule has 2 N–H and O–H groups in total. The van der Waals surface area contributed by atoms with Gasteiger partial charge in [-0.2, -0.15) is 5.10 Å². The van der Waals surface area contributed by atoms with E-state index in [1.54, 1.807) is 4.68 Å². The van der Waals surface area contributed by atoms with E-state index in [2.05, 4.69) is 5.10 Å². The van der Waals surface area contributed by atoms with Crippen LogP contribution >= 0.6 is 11.6 Å². The van der Waals surface area contributed by atoms with Crippen LogP contribution in [0.15, 0.2) is 16.5 Å². The molecule has 4 nitrogen and oxygen atoms in total. The lowest BCUT2D eigenvalue weighted by molar-refractivity contribution is 0.413. The zero-order valence-corrected chi connectivity index (χ0v) is 10.2. The third-order valence-corrected chi connectivity index (χ3v) is 3.05. The van der Waals surface area contributed by atoms with Crippen LogP contribution in [0.25, 0.3) is 0 Å². The molecule has 0 aromatic carbocycles. The van der Waals surface area contributed by atoms with Crippen LogP contribution in [0, 0.1) is 13.8 Å². The Balaban J connectivity index is 2.41. The molecule has 16 heavy (non-hydrogen) atoms. The van der Waals surface area contributed by atoms with Gasteiger partial charge in [0.05, 0.1) is 5.69 Å². The molecule has 0 amide bonds. The summed E-state index contributed by atoms with van der Waals surface area (Å²) in [4.78, 5) is 0. The van der Waals surface area contributed by atoms with Gasteiger partial charge in [-0.3, -0.25) is 0 Å². The van der Waals surface area contributed by atoms with Crippen LogP contribution in [0.2, 0.25) is 5.02 Å². The van der Waals surface area contributed by atoms with Gasteiger partial charge in [0.2, 0.25) is 0 Å². The highest BCUT2D eigenvalue weighted by Gasteiger charge is 2.18. The Labute approximate surface area is 99.0 Å². The predicted octanol–water partition coefficient (Wildman–Crippen LogP) is 2.94. The molecule has 86 valence electrons. The molecule has 0 aliphatic rings. The van der Waals surface area contributed by atoms with E-state index < -0.39 is 0 Å². The smallest absolute Gasteiger partial charge is 0.141 e. The number of aromatic nitrogens is 2. The van der Waals surface area contributed by atoms with Crippen LogP contribution in [0.5, 0.6) is 0 Å². The van der Waals surface area contributed by atoms with Crippen molar-refractivity contribution < 1.29 is 4.42 Å². The maximum atomic E-state index is 6.00. The summed E-state index contributed by atoms with van der Waals surface area (Å²) in [5.74, 6) is 2.17. The van der Waals surface area contributed by atoms with Crippen molar-refractivity contribution in [2.24, 2.45) is 0 Å². The SMILES string of the molecule is Cc1ccc(C(C)n2nc(C)c(Cl)c2N)o1. The topological polar surface area (TPSA) is 57.0 Å². The van der Waals surface area contributed by atoms with Crippen molar-refractivity contribution in [2.75, 3.05) is 5.73 Å². The quantitative estimate of drug-likeness (QED) is 0.877. The van der Waals surface area contributed by atoms with E-state index in [1.807, 2.05) is 32.9 Å². The van der Waals surface area contributed by atoms with Crippen LogP contribution < -0.4 is 5.73 Å². The monoisotopic (exact) mass is 239 g/mol. The van der Waals surface area contributed by atoms with Crippen molar-refractivity contribution >= 4 is 17.4 Å². The zero-order valence-electron chi connectivity index (χ0n) is 9.49. The van der Waals surface area contributed by atoms with Crippen molar-refractivity contribution in [1.82, 2.24) is 9.78 Å². The van der Waals surface area contributed by atoms with E-state index in [0.29, 0.717) is 10.8 Å². The fraction of sp³-hybridized carbons (Fsp3) is 0.364. The van der Waals surface area contributed by atoms with E-state index in [9.17, 15) is 0 Å². The molecule has 0 fully saturated rings. The maximum absolute atomic E-state index is 6.00. The summed E-state index contributed by atoms with van der Waals surface area (Å²) in [7, 11) is 0. The second-order valence-electron chi connectivity index (χ2n) is 3.85. The van der Waals surface area contributed by atoms with E-state index in [0.717, 1.165) is 17.2 Å². The highest BCUT2D eigenvalue weighted by atomic mass is 35.5. The summed E-state index contributed by atoms with van der Waals surface area (Å²) >= 11 is 6.00. The largest absolute Gasteiger partial charge is 0.464 e. The summed E-state index contributed by atoms with van der Waals surface area (Å²) in [6, 6.07) is 3.78. The predicted molar refractivity (Wildman–Crippen MR) is 63.6 cm³/mol. The van der Waals surface area contributed by atoms with Gasteiger partial charge in [-0.05, 0) is 32.9 Å². The van der Waals surface area contributed by atoms with Crippen LogP contribution in [0.3, 0.4) is 0 Å². The van der Waals surface area contributed by atoms with Crippen LogP contribution in [-0.2, 0) is 0 Å². The van der Waals surface area contributed by atoms with Crippen LogP contribution in [-0.4, -0.2) is 9.78 Å². The second kappa shape index (κ2) is 3.87. The number of rotatable bonds is 2. The number of nitrogens with two attached hydrogens (primary N) is 1. The molecule has 0 saturated heterocycles. The fourth-order valence-electron chi connectivity index (χ4n) is 1.64. The Morgan fingerprint density at radius 2 is 2.12 bits per heavy atom. The van der Waals surface area contributed by atoms with Crippen molar-refractivity contribution in [3.05, 3.63) is 34.4 Å². The van der Waals surface area contributed by atoms with Crippen molar-refractivity contribution in [3.63, 3.8) is 0 Å². The number of furan rings is 1. The fourth-order valence-corrected chi connectivity index (χ4v) is 1.76. The normalized spacial score (nSPS) is 13.0. The highest BCUT2D eigenvalue weighted by molar-refractivity contribution is 6.33. The number of anilines is 1. The van der Waals surface area contributed by atoms with E-state index in [-0.39, 0.29) is 6.04 Å². The molecule has 0 aliphatic heterocycles. The molecule has 0 saturated carbocycles. The van der Waals surface area contributed by atoms with Gasteiger partial charge in [0, 0.05) is 0 Å².